The Balaban J connectivity index is 1.83. The number of halogens is 1. The Bertz CT molecular complexity index is 649. The molecule has 2 aromatic heterocycles. The molecule has 2 aromatic rings. The second-order valence-electron chi connectivity index (χ2n) is 5.52. The van der Waals surface area contributed by atoms with Gasteiger partial charge >= 0.3 is 0 Å². The first-order valence-electron chi connectivity index (χ1n) is 7.17. The molecule has 1 fully saturated rings. The summed E-state index contributed by atoms with van der Waals surface area (Å²) in [7, 11) is 0. The molecular weight excluding hydrogens is 334 g/mol. The van der Waals surface area contributed by atoms with Crippen LogP contribution in [0.15, 0.2) is 15.9 Å². The molecule has 0 amide bonds. The standard InChI is InChI=1S/C15H16BrN3S/c16-13-5-4-12(20-13)15-18-11-6-7-17-8-10(11)14(19-15)9-2-1-3-9/h4-5,9,17H,1-3,6-8H2. The fourth-order valence-corrected chi connectivity index (χ4v) is 4.25. The van der Waals surface area contributed by atoms with Crippen LogP contribution in [0.25, 0.3) is 10.7 Å². The highest BCUT2D eigenvalue weighted by Crippen LogP contribution is 2.39. The number of nitrogens with one attached hydrogen (secondary N) is 1. The van der Waals surface area contributed by atoms with E-state index < -0.39 is 0 Å². The number of hydrogen-bond acceptors (Lipinski definition) is 4. The molecular formula is C15H16BrN3S. The van der Waals surface area contributed by atoms with Crippen LogP contribution in [-0.4, -0.2) is 16.5 Å². The van der Waals surface area contributed by atoms with Crippen LogP contribution >= 0.6 is 27.3 Å². The molecule has 2 aliphatic rings. The van der Waals surface area contributed by atoms with Gasteiger partial charge in [-0.15, -0.1) is 11.3 Å². The average molecular weight is 350 g/mol. The summed E-state index contributed by atoms with van der Waals surface area (Å²) in [5.74, 6) is 1.58. The summed E-state index contributed by atoms with van der Waals surface area (Å²) >= 11 is 5.24. The molecule has 0 aromatic carbocycles. The molecule has 0 radical (unpaired) electrons. The van der Waals surface area contributed by atoms with Gasteiger partial charge in [-0.2, -0.15) is 0 Å². The van der Waals surface area contributed by atoms with Gasteiger partial charge in [0.25, 0.3) is 0 Å². The summed E-state index contributed by atoms with van der Waals surface area (Å²) in [4.78, 5) is 10.9. The first-order chi connectivity index (χ1) is 9.81. The van der Waals surface area contributed by atoms with E-state index in [0.717, 1.165) is 29.1 Å². The van der Waals surface area contributed by atoms with Crippen molar-refractivity contribution in [1.82, 2.24) is 15.3 Å². The van der Waals surface area contributed by atoms with E-state index in [-0.39, 0.29) is 0 Å². The minimum atomic E-state index is 0.661. The highest BCUT2D eigenvalue weighted by molar-refractivity contribution is 9.11. The van der Waals surface area contributed by atoms with E-state index in [1.165, 1.54) is 41.1 Å². The zero-order valence-corrected chi connectivity index (χ0v) is 13.6. The van der Waals surface area contributed by atoms with Gasteiger partial charge in [-0.1, -0.05) is 6.42 Å². The Kier molecular flexibility index (Phi) is 3.36. The minimum Gasteiger partial charge on any atom is -0.312 e. The van der Waals surface area contributed by atoms with Crippen LogP contribution in [0.5, 0.6) is 0 Å². The monoisotopic (exact) mass is 349 g/mol. The zero-order chi connectivity index (χ0) is 13.5. The molecule has 1 aliphatic carbocycles. The topological polar surface area (TPSA) is 37.8 Å². The van der Waals surface area contributed by atoms with E-state index >= 15 is 0 Å². The van der Waals surface area contributed by atoms with Crippen molar-refractivity contribution in [3.05, 3.63) is 32.9 Å². The fourth-order valence-electron chi connectivity index (χ4n) is 2.93. The van der Waals surface area contributed by atoms with E-state index in [2.05, 4.69) is 33.4 Å². The molecule has 0 bridgehead atoms. The van der Waals surface area contributed by atoms with Crippen molar-refractivity contribution in [1.29, 1.82) is 0 Å². The van der Waals surface area contributed by atoms with Gasteiger partial charge in [0, 0.05) is 31.0 Å². The molecule has 1 aliphatic heterocycles. The second kappa shape index (κ2) is 5.20. The summed E-state index contributed by atoms with van der Waals surface area (Å²) < 4.78 is 1.14. The highest BCUT2D eigenvalue weighted by Gasteiger charge is 2.27. The molecule has 3 nitrogen and oxygen atoms in total. The Hall–Kier alpha value is -0.780. The first kappa shape index (κ1) is 12.9. The van der Waals surface area contributed by atoms with Gasteiger partial charge in [0.05, 0.1) is 20.1 Å². The quantitative estimate of drug-likeness (QED) is 0.893. The van der Waals surface area contributed by atoms with Gasteiger partial charge in [0.1, 0.15) is 0 Å². The summed E-state index contributed by atoms with van der Waals surface area (Å²) in [6.45, 7) is 1.97. The van der Waals surface area contributed by atoms with Crippen molar-refractivity contribution in [2.24, 2.45) is 0 Å². The summed E-state index contributed by atoms with van der Waals surface area (Å²) in [6.07, 6.45) is 4.95. The van der Waals surface area contributed by atoms with E-state index in [1.807, 2.05) is 0 Å². The predicted molar refractivity (Wildman–Crippen MR) is 85.0 cm³/mol. The molecule has 3 heterocycles. The number of rotatable bonds is 2. The van der Waals surface area contributed by atoms with E-state index in [0.29, 0.717) is 5.92 Å². The SMILES string of the molecule is Brc1ccc(-c2nc3c(c(C4CCC4)n2)CNCC3)s1. The lowest BCUT2D eigenvalue weighted by molar-refractivity contribution is 0.404. The van der Waals surface area contributed by atoms with Crippen LogP contribution in [0.4, 0.5) is 0 Å². The molecule has 5 heteroatoms. The second-order valence-corrected chi connectivity index (χ2v) is 7.98. The van der Waals surface area contributed by atoms with Gasteiger partial charge in [-0.05, 0) is 40.9 Å². The van der Waals surface area contributed by atoms with Gasteiger partial charge in [0.2, 0.25) is 0 Å². The number of hydrogen-bond donors (Lipinski definition) is 1. The molecule has 20 heavy (non-hydrogen) atoms. The van der Waals surface area contributed by atoms with Crippen LogP contribution in [-0.2, 0) is 13.0 Å². The van der Waals surface area contributed by atoms with E-state index in [4.69, 9.17) is 9.97 Å². The highest BCUT2D eigenvalue weighted by atomic mass is 79.9. The summed E-state index contributed by atoms with van der Waals surface area (Å²) in [5, 5.41) is 3.46. The van der Waals surface area contributed by atoms with Gasteiger partial charge in [-0.25, -0.2) is 9.97 Å². The van der Waals surface area contributed by atoms with Gasteiger partial charge in [-0.3, -0.25) is 0 Å². The molecule has 4 rings (SSSR count). The third-order valence-electron chi connectivity index (χ3n) is 4.25. The lowest BCUT2D eigenvalue weighted by atomic mass is 9.80. The van der Waals surface area contributed by atoms with Gasteiger partial charge < -0.3 is 5.32 Å². The number of thiophene rings is 1. The maximum absolute atomic E-state index is 4.93. The molecule has 0 spiro atoms. The molecule has 0 unspecified atom stereocenters. The predicted octanol–water partition coefficient (Wildman–Crippen LogP) is 3.88. The average Bonchev–Trinajstić information content (AvgIpc) is 2.83. The van der Waals surface area contributed by atoms with Crippen LogP contribution < -0.4 is 5.32 Å². The Labute approximate surface area is 131 Å². The van der Waals surface area contributed by atoms with Crippen LogP contribution in [0.3, 0.4) is 0 Å². The lowest BCUT2D eigenvalue weighted by Gasteiger charge is -2.29. The van der Waals surface area contributed by atoms with Crippen LogP contribution in [0.2, 0.25) is 0 Å². The largest absolute Gasteiger partial charge is 0.312 e. The van der Waals surface area contributed by atoms with Crippen molar-refractivity contribution >= 4 is 27.3 Å². The normalized spacial score (nSPS) is 18.6. The van der Waals surface area contributed by atoms with Crippen molar-refractivity contribution in [2.45, 2.75) is 38.1 Å². The van der Waals surface area contributed by atoms with Crippen molar-refractivity contribution in [3.8, 4) is 10.7 Å². The third-order valence-corrected chi connectivity index (χ3v) is 5.87. The maximum Gasteiger partial charge on any atom is 0.169 e. The summed E-state index contributed by atoms with van der Waals surface area (Å²) in [5.41, 5.74) is 3.95. The van der Waals surface area contributed by atoms with Crippen molar-refractivity contribution < 1.29 is 0 Å². The molecule has 104 valence electrons. The number of aromatic nitrogens is 2. The summed E-state index contributed by atoms with van der Waals surface area (Å²) in [6, 6.07) is 4.19. The number of nitrogens with zero attached hydrogens (tertiary/aromatic N) is 2. The lowest BCUT2D eigenvalue weighted by Crippen LogP contribution is -2.28. The Morgan fingerprint density at radius 3 is 2.85 bits per heavy atom. The molecule has 1 saturated carbocycles. The van der Waals surface area contributed by atoms with Crippen LogP contribution in [0, 0.1) is 0 Å². The Morgan fingerprint density at radius 1 is 1.25 bits per heavy atom. The maximum atomic E-state index is 4.93. The third kappa shape index (κ3) is 2.22. The van der Waals surface area contributed by atoms with Crippen molar-refractivity contribution in [2.75, 3.05) is 6.54 Å². The van der Waals surface area contributed by atoms with E-state index in [1.54, 1.807) is 11.3 Å². The smallest absolute Gasteiger partial charge is 0.169 e. The van der Waals surface area contributed by atoms with Crippen molar-refractivity contribution in [3.63, 3.8) is 0 Å². The molecule has 0 saturated heterocycles. The zero-order valence-electron chi connectivity index (χ0n) is 11.2. The first-order valence-corrected chi connectivity index (χ1v) is 8.78. The molecule has 1 N–H and O–H groups in total. The molecule has 0 atom stereocenters. The number of fused-ring (bicyclic) bond motifs is 1. The van der Waals surface area contributed by atoms with E-state index in [9.17, 15) is 0 Å². The fraction of sp³-hybridized carbons (Fsp3) is 0.467. The van der Waals surface area contributed by atoms with Gasteiger partial charge in [0.15, 0.2) is 5.82 Å². The van der Waals surface area contributed by atoms with Crippen LogP contribution in [0.1, 0.15) is 42.1 Å². The minimum absolute atomic E-state index is 0.661. The Morgan fingerprint density at radius 2 is 2.15 bits per heavy atom.